The molecule has 0 saturated carbocycles. The molecule has 0 bridgehead atoms. The molecule has 2 heteroatoms. The van der Waals surface area contributed by atoms with Crippen molar-refractivity contribution >= 4 is 60.4 Å². The van der Waals surface area contributed by atoms with Gasteiger partial charge in [-0.15, -0.1) is 0 Å². The third kappa shape index (κ3) is 6.61. The molecule has 0 spiro atoms. The number of hydrogen-bond acceptors (Lipinski definition) is 1. The van der Waals surface area contributed by atoms with E-state index in [1.165, 1.54) is 82.3 Å². The second kappa shape index (κ2) is 15.8. The zero-order valence-electron chi connectivity index (χ0n) is 35.1. The zero-order valence-corrected chi connectivity index (χ0v) is 35.1. The van der Waals surface area contributed by atoms with Gasteiger partial charge < -0.3 is 9.47 Å². The van der Waals surface area contributed by atoms with Gasteiger partial charge in [-0.05, 0) is 127 Å². The Labute approximate surface area is 373 Å². The quantitative estimate of drug-likeness (QED) is 0.139. The Balaban J connectivity index is 0.963. The van der Waals surface area contributed by atoms with E-state index in [1.54, 1.807) is 0 Å². The second-order valence-electron chi connectivity index (χ2n) is 16.5. The molecule has 11 aromatic carbocycles. The molecule has 1 heterocycles. The molecule has 0 aliphatic rings. The summed E-state index contributed by atoms with van der Waals surface area (Å²) in [6.07, 6.45) is 0. The minimum Gasteiger partial charge on any atom is -0.310 e. The first-order valence-electron chi connectivity index (χ1n) is 22.0. The Kier molecular flexibility index (Phi) is 9.20. The van der Waals surface area contributed by atoms with Crippen LogP contribution in [0.25, 0.3) is 93.5 Å². The van der Waals surface area contributed by atoms with Crippen molar-refractivity contribution < 1.29 is 0 Å². The third-order valence-corrected chi connectivity index (χ3v) is 12.8. The van der Waals surface area contributed by atoms with E-state index in [0.717, 1.165) is 28.3 Å². The van der Waals surface area contributed by atoms with Crippen LogP contribution < -0.4 is 4.90 Å². The van der Waals surface area contributed by atoms with E-state index < -0.39 is 0 Å². The normalized spacial score (nSPS) is 11.4. The molecule has 64 heavy (non-hydrogen) atoms. The van der Waals surface area contributed by atoms with Crippen LogP contribution in [0.4, 0.5) is 17.1 Å². The molecule has 1 aromatic heterocycles. The summed E-state index contributed by atoms with van der Waals surface area (Å²) in [7, 11) is 0. The van der Waals surface area contributed by atoms with Crippen LogP contribution in [0, 0.1) is 0 Å². The maximum Gasteiger partial charge on any atom is 0.0547 e. The van der Waals surface area contributed by atoms with Crippen LogP contribution in [0.1, 0.15) is 0 Å². The van der Waals surface area contributed by atoms with E-state index in [1.807, 2.05) is 0 Å². The van der Waals surface area contributed by atoms with Crippen molar-refractivity contribution in [1.82, 2.24) is 4.57 Å². The average Bonchev–Trinajstić information content (AvgIpc) is 3.72. The molecule has 300 valence electrons. The van der Waals surface area contributed by atoms with Crippen LogP contribution in [-0.2, 0) is 0 Å². The van der Waals surface area contributed by atoms with Crippen molar-refractivity contribution in [3.63, 3.8) is 0 Å². The van der Waals surface area contributed by atoms with Crippen molar-refractivity contribution in [2.75, 3.05) is 4.90 Å². The summed E-state index contributed by atoms with van der Waals surface area (Å²) >= 11 is 0. The number of para-hydroxylation sites is 1. The lowest BCUT2D eigenvalue weighted by molar-refractivity contribution is 1.19. The van der Waals surface area contributed by atoms with Crippen molar-refractivity contribution in [3.05, 3.63) is 255 Å². The molecule has 0 radical (unpaired) electrons. The van der Waals surface area contributed by atoms with E-state index in [2.05, 4.69) is 264 Å². The summed E-state index contributed by atoms with van der Waals surface area (Å²) in [5.74, 6) is 0. The van der Waals surface area contributed by atoms with Gasteiger partial charge in [0, 0.05) is 33.5 Å². The fourth-order valence-corrected chi connectivity index (χ4v) is 9.66. The van der Waals surface area contributed by atoms with Gasteiger partial charge >= 0.3 is 0 Å². The Morgan fingerprint density at radius 1 is 0.266 bits per heavy atom. The maximum atomic E-state index is 2.43. The molecule has 12 rings (SSSR count). The van der Waals surface area contributed by atoms with Crippen LogP contribution >= 0.6 is 0 Å². The lowest BCUT2D eigenvalue weighted by atomic mass is 9.98. The maximum absolute atomic E-state index is 2.43. The molecule has 0 amide bonds. The number of anilines is 3. The predicted molar refractivity (Wildman–Crippen MR) is 272 cm³/mol. The highest BCUT2D eigenvalue weighted by molar-refractivity contribution is 6.16. The molecule has 0 atom stereocenters. The van der Waals surface area contributed by atoms with Crippen molar-refractivity contribution in [2.45, 2.75) is 0 Å². The van der Waals surface area contributed by atoms with E-state index >= 15 is 0 Å². The lowest BCUT2D eigenvalue weighted by Crippen LogP contribution is -2.10. The standard InChI is InChI=1S/C62H42N2/c1-3-13-43(14-4-1)45-25-27-46(28-26-45)48-33-37-53(38-34-48)63(52-35-31-47(32-36-52)44-15-5-2-6-16-44)54-19-11-18-50(41-54)58-22-12-24-61-62(58)59-21-9-10-23-60(59)64(61)55-39-40-57-51(42-55)30-29-49-17-7-8-20-56(49)57/h1-42H. The molecule has 0 aliphatic heterocycles. The van der Waals surface area contributed by atoms with E-state index in [9.17, 15) is 0 Å². The van der Waals surface area contributed by atoms with Crippen LogP contribution in [0.5, 0.6) is 0 Å². The molecule has 0 saturated heterocycles. The summed E-state index contributed by atoms with van der Waals surface area (Å²) < 4.78 is 2.43. The first-order valence-corrected chi connectivity index (χ1v) is 22.0. The van der Waals surface area contributed by atoms with Gasteiger partial charge in [-0.2, -0.15) is 0 Å². The van der Waals surface area contributed by atoms with Gasteiger partial charge in [0.25, 0.3) is 0 Å². The molecule has 0 N–H and O–H groups in total. The van der Waals surface area contributed by atoms with E-state index in [-0.39, 0.29) is 0 Å². The molecular formula is C62H42N2. The van der Waals surface area contributed by atoms with Gasteiger partial charge in [0.05, 0.1) is 11.0 Å². The largest absolute Gasteiger partial charge is 0.310 e. The van der Waals surface area contributed by atoms with Gasteiger partial charge in [0.15, 0.2) is 0 Å². The van der Waals surface area contributed by atoms with Gasteiger partial charge in [-0.1, -0.05) is 194 Å². The third-order valence-electron chi connectivity index (χ3n) is 12.8. The van der Waals surface area contributed by atoms with Gasteiger partial charge in [-0.3, -0.25) is 0 Å². The van der Waals surface area contributed by atoms with E-state index in [0.29, 0.717) is 0 Å². The molecule has 2 nitrogen and oxygen atoms in total. The Bertz CT molecular complexity index is 3620. The number of rotatable bonds is 8. The molecular weight excluding hydrogens is 773 g/mol. The molecule has 0 aliphatic carbocycles. The van der Waals surface area contributed by atoms with Crippen LogP contribution in [0.2, 0.25) is 0 Å². The van der Waals surface area contributed by atoms with Crippen molar-refractivity contribution in [3.8, 4) is 50.2 Å². The highest BCUT2D eigenvalue weighted by atomic mass is 15.1. The summed E-state index contributed by atoms with van der Waals surface area (Å²) in [6.45, 7) is 0. The minimum absolute atomic E-state index is 1.09. The lowest BCUT2D eigenvalue weighted by Gasteiger charge is -2.26. The fraction of sp³-hybridized carbons (Fsp3) is 0. The molecule has 0 unspecified atom stereocenters. The molecule has 0 fully saturated rings. The summed E-state index contributed by atoms with van der Waals surface area (Å²) in [6, 6.07) is 92.6. The SMILES string of the molecule is c1ccc(-c2ccc(-c3ccc(N(c4ccc(-c5ccccc5)cc4)c4cccc(-c5cccc6c5c5ccccc5n6-c5ccc6c(ccc7ccccc76)c5)c4)cc3)cc2)cc1. The first-order chi connectivity index (χ1) is 31.7. The number of hydrogen-bond donors (Lipinski definition) is 0. The summed E-state index contributed by atoms with van der Waals surface area (Å²) in [5.41, 5.74) is 16.4. The van der Waals surface area contributed by atoms with Gasteiger partial charge in [-0.25, -0.2) is 0 Å². The predicted octanol–water partition coefficient (Wildman–Crippen LogP) is 17.2. The van der Waals surface area contributed by atoms with Crippen LogP contribution in [0.3, 0.4) is 0 Å². The Morgan fingerprint density at radius 3 is 1.41 bits per heavy atom. The zero-order chi connectivity index (χ0) is 42.4. The fourth-order valence-electron chi connectivity index (χ4n) is 9.66. The highest BCUT2D eigenvalue weighted by Crippen LogP contribution is 2.43. The van der Waals surface area contributed by atoms with E-state index in [4.69, 9.17) is 0 Å². The first kappa shape index (κ1) is 37.3. The van der Waals surface area contributed by atoms with Crippen molar-refractivity contribution in [1.29, 1.82) is 0 Å². The highest BCUT2D eigenvalue weighted by Gasteiger charge is 2.19. The monoisotopic (exact) mass is 814 g/mol. The Morgan fingerprint density at radius 2 is 0.750 bits per heavy atom. The number of aromatic nitrogens is 1. The van der Waals surface area contributed by atoms with Crippen molar-refractivity contribution in [2.24, 2.45) is 0 Å². The number of benzene rings is 11. The smallest absolute Gasteiger partial charge is 0.0547 e. The number of nitrogens with zero attached hydrogens (tertiary/aromatic N) is 2. The van der Waals surface area contributed by atoms with Crippen LogP contribution in [-0.4, -0.2) is 4.57 Å². The second-order valence-corrected chi connectivity index (χ2v) is 16.5. The van der Waals surface area contributed by atoms with Gasteiger partial charge in [0.2, 0.25) is 0 Å². The summed E-state index contributed by atoms with van der Waals surface area (Å²) in [5, 5.41) is 7.52. The topological polar surface area (TPSA) is 8.17 Å². The summed E-state index contributed by atoms with van der Waals surface area (Å²) in [4.78, 5) is 2.38. The average molecular weight is 815 g/mol. The van der Waals surface area contributed by atoms with Crippen LogP contribution in [0.15, 0.2) is 255 Å². The minimum atomic E-state index is 1.09. The van der Waals surface area contributed by atoms with Gasteiger partial charge in [0.1, 0.15) is 0 Å². The Hall–Kier alpha value is -8.46. The number of fused-ring (bicyclic) bond motifs is 6. The molecule has 12 aromatic rings.